The van der Waals surface area contributed by atoms with Gasteiger partial charge in [0.2, 0.25) is 11.1 Å². The van der Waals surface area contributed by atoms with Crippen LogP contribution in [0.4, 0.5) is 5.13 Å². The highest BCUT2D eigenvalue weighted by Crippen LogP contribution is 2.28. The second kappa shape index (κ2) is 7.45. The molecule has 3 rings (SSSR count). The molecule has 0 aliphatic rings. The van der Waals surface area contributed by atoms with Crippen LogP contribution in [0.3, 0.4) is 0 Å². The number of H-pyrrole nitrogens is 1. The van der Waals surface area contributed by atoms with Crippen LogP contribution < -0.4 is 10.1 Å². The van der Waals surface area contributed by atoms with Gasteiger partial charge in [0.05, 0.1) is 24.1 Å². The van der Waals surface area contributed by atoms with Crippen LogP contribution in [0.25, 0.3) is 11.4 Å². The molecule has 0 aliphatic carbocycles. The zero-order chi connectivity index (χ0) is 16.9. The molecule has 7 nitrogen and oxygen atoms in total. The number of thioether (sulfide) groups is 1. The van der Waals surface area contributed by atoms with Gasteiger partial charge in [0, 0.05) is 5.38 Å². The smallest absolute Gasteiger partial charge is 0.236 e. The molecule has 1 aromatic carbocycles. The van der Waals surface area contributed by atoms with Gasteiger partial charge >= 0.3 is 0 Å². The van der Waals surface area contributed by atoms with Gasteiger partial charge < -0.3 is 10.1 Å². The van der Waals surface area contributed by atoms with Crippen LogP contribution in [0.15, 0.2) is 34.8 Å². The number of amides is 1. The highest BCUT2D eigenvalue weighted by atomic mass is 32.2. The van der Waals surface area contributed by atoms with Gasteiger partial charge in [-0.05, 0) is 19.1 Å². The summed E-state index contributed by atoms with van der Waals surface area (Å²) in [6, 6.07) is 7.54. The quantitative estimate of drug-likeness (QED) is 0.656. The average Bonchev–Trinajstić information content (AvgIpc) is 3.22. The number of thiazole rings is 1. The highest BCUT2D eigenvalue weighted by Gasteiger charge is 2.12. The molecule has 0 bridgehead atoms. The maximum absolute atomic E-state index is 11.9. The number of para-hydroxylation sites is 1. The number of aromatic amines is 1. The number of carbonyl (C=O) groups is 1. The van der Waals surface area contributed by atoms with E-state index in [-0.39, 0.29) is 11.7 Å². The number of carbonyl (C=O) groups excluding carboxylic acids is 1. The van der Waals surface area contributed by atoms with E-state index in [9.17, 15) is 4.79 Å². The molecule has 0 spiro atoms. The molecule has 0 aliphatic heterocycles. The lowest BCUT2D eigenvalue weighted by Gasteiger charge is -2.04. The number of methoxy groups -OCH3 is 1. The van der Waals surface area contributed by atoms with Gasteiger partial charge in [0.15, 0.2) is 11.0 Å². The fraction of sp³-hybridized carbons (Fsp3) is 0.200. The first kappa shape index (κ1) is 16.5. The second-order valence-corrected chi connectivity index (χ2v) is 6.60. The Labute approximate surface area is 146 Å². The molecule has 2 aromatic heterocycles. The van der Waals surface area contributed by atoms with Crippen molar-refractivity contribution in [1.82, 2.24) is 20.2 Å². The minimum atomic E-state index is -0.141. The zero-order valence-electron chi connectivity index (χ0n) is 13.1. The summed E-state index contributed by atoms with van der Waals surface area (Å²) in [5.41, 5.74) is 1.71. The van der Waals surface area contributed by atoms with E-state index in [0.29, 0.717) is 21.9 Å². The Morgan fingerprint density at radius 3 is 2.96 bits per heavy atom. The number of hydrogen-bond donors (Lipinski definition) is 2. The number of rotatable bonds is 6. The first-order valence-corrected chi connectivity index (χ1v) is 8.93. The first-order chi connectivity index (χ1) is 11.7. The van der Waals surface area contributed by atoms with E-state index in [1.807, 2.05) is 36.6 Å². The average molecular weight is 361 g/mol. The number of aromatic nitrogens is 4. The Balaban J connectivity index is 1.61. The third-order valence-electron chi connectivity index (χ3n) is 3.02. The predicted molar refractivity (Wildman–Crippen MR) is 94.6 cm³/mol. The molecular formula is C15H15N5O2S2. The summed E-state index contributed by atoms with van der Waals surface area (Å²) in [5, 5.41) is 12.7. The molecule has 2 heterocycles. The van der Waals surface area contributed by atoms with Gasteiger partial charge in [-0.15, -0.1) is 16.4 Å². The summed E-state index contributed by atoms with van der Waals surface area (Å²) >= 11 is 2.66. The van der Waals surface area contributed by atoms with Crippen LogP contribution in [0.5, 0.6) is 5.75 Å². The third-order valence-corrected chi connectivity index (χ3v) is 4.75. The van der Waals surface area contributed by atoms with Gasteiger partial charge in [0.25, 0.3) is 0 Å². The van der Waals surface area contributed by atoms with Crippen LogP contribution in [0.2, 0.25) is 0 Å². The van der Waals surface area contributed by atoms with Crippen molar-refractivity contribution < 1.29 is 9.53 Å². The molecular weight excluding hydrogens is 346 g/mol. The second-order valence-electron chi connectivity index (χ2n) is 4.80. The van der Waals surface area contributed by atoms with E-state index >= 15 is 0 Å². The number of aryl methyl sites for hydroxylation is 1. The third kappa shape index (κ3) is 3.92. The van der Waals surface area contributed by atoms with Crippen molar-refractivity contribution in [3.8, 4) is 17.1 Å². The van der Waals surface area contributed by atoms with Crippen molar-refractivity contribution in [1.29, 1.82) is 0 Å². The van der Waals surface area contributed by atoms with Gasteiger partial charge in [-0.2, -0.15) is 0 Å². The summed E-state index contributed by atoms with van der Waals surface area (Å²) in [5.74, 6) is 1.38. The Kier molecular flexibility index (Phi) is 5.11. The van der Waals surface area contributed by atoms with Crippen LogP contribution in [-0.4, -0.2) is 38.9 Å². The Bertz CT molecular complexity index is 846. The van der Waals surface area contributed by atoms with Gasteiger partial charge in [-0.3, -0.25) is 9.89 Å². The molecule has 24 heavy (non-hydrogen) atoms. The number of nitrogens with zero attached hydrogens (tertiary/aromatic N) is 3. The summed E-state index contributed by atoms with van der Waals surface area (Å²) < 4.78 is 5.31. The number of ether oxygens (including phenoxy) is 1. The van der Waals surface area contributed by atoms with Crippen molar-refractivity contribution in [2.75, 3.05) is 18.2 Å². The van der Waals surface area contributed by atoms with Crippen molar-refractivity contribution in [3.05, 3.63) is 35.3 Å². The normalized spacial score (nSPS) is 10.6. The largest absolute Gasteiger partial charge is 0.496 e. The Morgan fingerprint density at radius 2 is 2.21 bits per heavy atom. The molecule has 0 saturated carbocycles. The molecule has 0 unspecified atom stereocenters. The van der Waals surface area contributed by atoms with Crippen molar-refractivity contribution in [2.45, 2.75) is 12.1 Å². The fourth-order valence-corrected chi connectivity index (χ4v) is 3.27. The summed E-state index contributed by atoms with van der Waals surface area (Å²) in [6.45, 7) is 1.88. The molecule has 2 N–H and O–H groups in total. The standard InChI is InChI=1S/C15H15N5O2S2/c1-9-7-23-14(16-9)17-12(21)8-24-15-18-13(19-20-15)10-5-3-4-6-11(10)22-2/h3-7H,8H2,1-2H3,(H,16,17,21)(H,18,19,20). The van der Waals surface area contributed by atoms with E-state index in [4.69, 9.17) is 4.74 Å². The summed E-state index contributed by atoms with van der Waals surface area (Å²) in [4.78, 5) is 20.5. The van der Waals surface area contributed by atoms with E-state index in [2.05, 4.69) is 25.5 Å². The lowest BCUT2D eigenvalue weighted by molar-refractivity contribution is -0.113. The number of anilines is 1. The van der Waals surface area contributed by atoms with E-state index in [0.717, 1.165) is 11.3 Å². The fourth-order valence-electron chi connectivity index (χ4n) is 1.97. The predicted octanol–water partition coefficient (Wildman–Crippen LogP) is 2.98. The molecule has 9 heteroatoms. The SMILES string of the molecule is COc1ccccc1-c1nc(SCC(=O)Nc2nc(C)cs2)n[nH]1. The molecule has 124 valence electrons. The zero-order valence-corrected chi connectivity index (χ0v) is 14.7. The molecule has 1 amide bonds. The van der Waals surface area contributed by atoms with Gasteiger partial charge in [-0.25, -0.2) is 9.97 Å². The van der Waals surface area contributed by atoms with E-state index in [1.54, 1.807) is 7.11 Å². The van der Waals surface area contributed by atoms with Crippen LogP contribution in [0, 0.1) is 6.92 Å². The molecule has 0 saturated heterocycles. The summed E-state index contributed by atoms with van der Waals surface area (Å²) in [6.07, 6.45) is 0. The van der Waals surface area contributed by atoms with Crippen LogP contribution in [-0.2, 0) is 4.79 Å². The number of hydrogen-bond acceptors (Lipinski definition) is 7. The van der Waals surface area contributed by atoms with Crippen molar-refractivity contribution in [2.24, 2.45) is 0 Å². The van der Waals surface area contributed by atoms with Crippen molar-refractivity contribution >= 4 is 34.1 Å². The van der Waals surface area contributed by atoms with Gasteiger partial charge in [-0.1, -0.05) is 23.9 Å². The topological polar surface area (TPSA) is 92.8 Å². The number of nitrogens with one attached hydrogen (secondary N) is 2. The molecule has 0 radical (unpaired) electrons. The first-order valence-electron chi connectivity index (χ1n) is 7.06. The minimum absolute atomic E-state index is 0.141. The number of benzene rings is 1. The highest BCUT2D eigenvalue weighted by molar-refractivity contribution is 7.99. The van der Waals surface area contributed by atoms with Gasteiger partial charge in [0.1, 0.15) is 5.75 Å². The Morgan fingerprint density at radius 1 is 1.38 bits per heavy atom. The maximum atomic E-state index is 11.9. The van der Waals surface area contributed by atoms with Crippen LogP contribution >= 0.6 is 23.1 Å². The molecule has 0 fully saturated rings. The minimum Gasteiger partial charge on any atom is -0.496 e. The van der Waals surface area contributed by atoms with Crippen molar-refractivity contribution in [3.63, 3.8) is 0 Å². The lowest BCUT2D eigenvalue weighted by Crippen LogP contribution is -2.13. The van der Waals surface area contributed by atoms with Crippen LogP contribution in [0.1, 0.15) is 5.69 Å². The van der Waals surface area contributed by atoms with E-state index in [1.165, 1.54) is 23.1 Å². The monoisotopic (exact) mass is 361 g/mol. The summed E-state index contributed by atoms with van der Waals surface area (Å²) in [7, 11) is 1.61. The Hall–Kier alpha value is -2.39. The lowest BCUT2D eigenvalue weighted by atomic mass is 10.2. The molecule has 3 aromatic rings. The maximum Gasteiger partial charge on any atom is 0.236 e. The molecule has 0 atom stereocenters. The van der Waals surface area contributed by atoms with E-state index < -0.39 is 0 Å².